The molecule has 0 spiro atoms. The van der Waals surface area contributed by atoms with Crippen molar-refractivity contribution >= 4 is 12.7 Å². The zero-order valence-corrected chi connectivity index (χ0v) is 8.36. The molecular formula is C13H11BF. The van der Waals surface area contributed by atoms with Crippen LogP contribution in [0.2, 0.25) is 0 Å². The Morgan fingerprint density at radius 3 is 2.27 bits per heavy atom. The van der Waals surface area contributed by atoms with Gasteiger partial charge in [0.05, 0.1) is 0 Å². The van der Waals surface area contributed by atoms with Crippen LogP contribution in [-0.4, -0.2) is 7.28 Å². The van der Waals surface area contributed by atoms with Gasteiger partial charge in [0.2, 0.25) is 0 Å². The van der Waals surface area contributed by atoms with E-state index in [2.05, 4.69) is 0 Å². The van der Waals surface area contributed by atoms with Gasteiger partial charge in [0.1, 0.15) is 5.82 Å². The van der Waals surface area contributed by atoms with Crippen LogP contribution in [-0.2, 0) is 6.32 Å². The van der Waals surface area contributed by atoms with Crippen molar-refractivity contribution < 1.29 is 4.39 Å². The number of halogens is 1. The first-order valence-corrected chi connectivity index (χ1v) is 4.98. The second-order valence-electron chi connectivity index (χ2n) is 3.42. The largest absolute Gasteiger partial charge is 0.208 e. The van der Waals surface area contributed by atoms with E-state index in [-0.39, 0.29) is 5.82 Å². The third-order valence-corrected chi connectivity index (χ3v) is 2.31. The zero-order chi connectivity index (χ0) is 10.5. The fourth-order valence-electron chi connectivity index (χ4n) is 1.48. The highest BCUT2D eigenvalue weighted by Crippen LogP contribution is 1.99. The fourth-order valence-corrected chi connectivity index (χ4v) is 1.48. The van der Waals surface area contributed by atoms with Crippen LogP contribution in [0.1, 0.15) is 5.56 Å². The van der Waals surface area contributed by atoms with Gasteiger partial charge in [-0.2, -0.15) is 0 Å². The molecule has 15 heavy (non-hydrogen) atoms. The quantitative estimate of drug-likeness (QED) is 0.662. The van der Waals surface area contributed by atoms with E-state index in [1.807, 2.05) is 43.7 Å². The van der Waals surface area contributed by atoms with Gasteiger partial charge in [0.15, 0.2) is 7.28 Å². The van der Waals surface area contributed by atoms with Crippen LogP contribution in [0.3, 0.4) is 0 Å². The first-order valence-electron chi connectivity index (χ1n) is 4.98. The fraction of sp³-hybridized carbons (Fsp3) is 0.0769. The van der Waals surface area contributed by atoms with Crippen molar-refractivity contribution in [2.24, 2.45) is 0 Å². The van der Waals surface area contributed by atoms with Crippen LogP contribution in [0, 0.1) is 5.82 Å². The molecule has 0 unspecified atom stereocenters. The zero-order valence-electron chi connectivity index (χ0n) is 8.36. The average Bonchev–Trinajstić information content (AvgIpc) is 2.29. The van der Waals surface area contributed by atoms with E-state index in [1.165, 1.54) is 11.6 Å². The van der Waals surface area contributed by atoms with Gasteiger partial charge in [0.25, 0.3) is 0 Å². The smallest absolute Gasteiger partial charge is 0.160 e. The highest BCUT2D eigenvalue weighted by atomic mass is 19.1. The predicted octanol–water partition coefficient (Wildman–Crippen LogP) is 2.36. The van der Waals surface area contributed by atoms with Crippen molar-refractivity contribution in [1.29, 1.82) is 0 Å². The summed E-state index contributed by atoms with van der Waals surface area (Å²) in [7, 11) is 1.91. The standard InChI is InChI=1S/C13H11BF/c15-13-9-5-4-8-12(13)14-10-11-6-2-1-3-7-11/h1-9H,10H2. The lowest BCUT2D eigenvalue weighted by atomic mass is 9.65. The summed E-state index contributed by atoms with van der Waals surface area (Å²) in [5, 5.41) is 0. The topological polar surface area (TPSA) is 0 Å². The molecular weight excluding hydrogens is 186 g/mol. The molecule has 73 valence electrons. The molecule has 2 aromatic carbocycles. The van der Waals surface area contributed by atoms with Gasteiger partial charge in [0, 0.05) is 0 Å². The third kappa shape index (κ3) is 2.69. The summed E-state index contributed by atoms with van der Waals surface area (Å²) in [4.78, 5) is 0. The molecule has 0 atom stereocenters. The summed E-state index contributed by atoms with van der Waals surface area (Å²) in [6.07, 6.45) is 0.766. The highest BCUT2D eigenvalue weighted by Gasteiger charge is 2.02. The molecule has 0 fully saturated rings. The van der Waals surface area contributed by atoms with Gasteiger partial charge in [-0.3, -0.25) is 0 Å². The van der Waals surface area contributed by atoms with Gasteiger partial charge in [-0.1, -0.05) is 59.6 Å². The second-order valence-corrected chi connectivity index (χ2v) is 3.42. The minimum atomic E-state index is -0.159. The molecule has 0 bridgehead atoms. The lowest BCUT2D eigenvalue weighted by Gasteiger charge is -2.01. The molecule has 0 heterocycles. The monoisotopic (exact) mass is 197 g/mol. The molecule has 1 radical (unpaired) electrons. The highest BCUT2D eigenvalue weighted by molar-refractivity contribution is 6.53. The van der Waals surface area contributed by atoms with Gasteiger partial charge >= 0.3 is 0 Å². The van der Waals surface area contributed by atoms with Crippen molar-refractivity contribution in [3.63, 3.8) is 0 Å². The molecule has 0 N–H and O–H groups in total. The average molecular weight is 197 g/mol. The van der Waals surface area contributed by atoms with Gasteiger partial charge in [-0.25, -0.2) is 4.39 Å². The minimum absolute atomic E-state index is 0.159. The number of hydrogen-bond donors (Lipinski definition) is 0. The Balaban J connectivity index is 2.03. The summed E-state index contributed by atoms with van der Waals surface area (Å²) in [6.45, 7) is 0. The first kappa shape index (κ1) is 9.97. The molecule has 2 heteroatoms. The Morgan fingerprint density at radius 2 is 1.53 bits per heavy atom. The molecule has 0 aromatic heterocycles. The molecule has 0 saturated heterocycles. The van der Waals surface area contributed by atoms with Crippen LogP contribution >= 0.6 is 0 Å². The maximum absolute atomic E-state index is 13.3. The van der Waals surface area contributed by atoms with Crippen LogP contribution in [0.4, 0.5) is 4.39 Å². The van der Waals surface area contributed by atoms with Crippen molar-refractivity contribution in [3.05, 3.63) is 66.0 Å². The summed E-state index contributed by atoms with van der Waals surface area (Å²) in [5.74, 6) is -0.159. The molecule has 0 aliphatic heterocycles. The molecule has 2 aromatic rings. The molecule has 0 saturated carbocycles. The molecule has 0 nitrogen and oxygen atoms in total. The number of rotatable bonds is 3. The summed E-state index contributed by atoms with van der Waals surface area (Å²) >= 11 is 0. The lowest BCUT2D eigenvalue weighted by Crippen LogP contribution is -2.20. The Morgan fingerprint density at radius 1 is 0.867 bits per heavy atom. The van der Waals surface area contributed by atoms with Gasteiger partial charge < -0.3 is 0 Å². The number of hydrogen-bond acceptors (Lipinski definition) is 0. The number of benzene rings is 2. The van der Waals surface area contributed by atoms with E-state index in [1.54, 1.807) is 12.1 Å². The SMILES string of the molecule is Fc1ccccc1[B]Cc1ccccc1. The van der Waals surface area contributed by atoms with E-state index in [4.69, 9.17) is 0 Å². The Hall–Kier alpha value is -1.57. The first-order chi connectivity index (χ1) is 7.36. The van der Waals surface area contributed by atoms with E-state index in [0.29, 0.717) is 5.46 Å². The Bertz CT molecular complexity index is 426. The maximum Gasteiger partial charge on any atom is 0.160 e. The Kier molecular flexibility index (Phi) is 3.18. The third-order valence-electron chi connectivity index (χ3n) is 2.31. The molecule has 0 amide bonds. The summed E-state index contributed by atoms with van der Waals surface area (Å²) in [6, 6.07) is 16.9. The normalized spacial score (nSPS) is 9.93. The lowest BCUT2D eigenvalue weighted by molar-refractivity contribution is 0.635. The van der Waals surface area contributed by atoms with E-state index >= 15 is 0 Å². The maximum atomic E-state index is 13.3. The summed E-state index contributed by atoms with van der Waals surface area (Å²) < 4.78 is 13.3. The van der Waals surface area contributed by atoms with E-state index in [0.717, 1.165) is 6.32 Å². The van der Waals surface area contributed by atoms with Crippen LogP contribution < -0.4 is 5.46 Å². The second kappa shape index (κ2) is 4.78. The van der Waals surface area contributed by atoms with Gasteiger partial charge in [-0.15, -0.1) is 0 Å². The van der Waals surface area contributed by atoms with Crippen LogP contribution in [0.15, 0.2) is 54.6 Å². The van der Waals surface area contributed by atoms with Crippen molar-refractivity contribution in [2.45, 2.75) is 6.32 Å². The van der Waals surface area contributed by atoms with Crippen LogP contribution in [0.25, 0.3) is 0 Å². The van der Waals surface area contributed by atoms with Crippen molar-refractivity contribution in [2.75, 3.05) is 0 Å². The Labute approximate surface area is 90.0 Å². The predicted molar refractivity (Wildman–Crippen MR) is 61.9 cm³/mol. The van der Waals surface area contributed by atoms with Crippen molar-refractivity contribution in [3.8, 4) is 0 Å². The molecule has 2 rings (SSSR count). The van der Waals surface area contributed by atoms with Gasteiger partial charge in [-0.05, 0) is 12.4 Å². The van der Waals surface area contributed by atoms with E-state index < -0.39 is 0 Å². The molecule has 0 aliphatic carbocycles. The van der Waals surface area contributed by atoms with E-state index in [9.17, 15) is 4.39 Å². The van der Waals surface area contributed by atoms with Crippen molar-refractivity contribution in [1.82, 2.24) is 0 Å². The van der Waals surface area contributed by atoms with Crippen LogP contribution in [0.5, 0.6) is 0 Å². The minimum Gasteiger partial charge on any atom is -0.208 e. The summed E-state index contributed by atoms with van der Waals surface area (Å²) in [5.41, 5.74) is 1.86. The molecule has 0 aliphatic rings.